The lowest BCUT2D eigenvalue weighted by molar-refractivity contribution is -0.154. The molecule has 0 N–H and O–H groups in total. The molecule has 4 heteroatoms. The number of amides is 1. The van der Waals surface area contributed by atoms with Crippen molar-refractivity contribution in [1.29, 1.82) is 0 Å². The van der Waals surface area contributed by atoms with Gasteiger partial charge >= 0.3 is 0 Å². The van der Waals surface area contributed by atoms with Crippen molar-refractivity contribution < 1.29 is 9.59 Å². The summed E-state index contributed by atoms with van der Waals surface area (Å²) in [7, 11) is 0. The Bertz CT molecular complexity index is 438. The Morgan fingerprint density at radius 2 is 1.90 bits per heavy atom. The van der Waals surface area contributed by atoms with Crippen LogP contribution < -0.4 is 0 Å². The van der Waals surface area contributed by atoms with Crippen molar-refractivity contribution in [3.63, 3.8) is 0 Å². The van der Waals surface area contributed by atoms with E-state index in [0.717, 1.165) is 45.6 Å². The number of Topliss-reactive ketones (excluding diaryl/α,β-unsaturated/α-hetero) is 1. The smallest absolute Gasteiger partial charge is 0.236 e. The number of hydrogen-bond donors (Lipinski definition) is 0. The number of hydrogen-bond acceptors (Lipinski definition) is 3. The highest BCUT2D eigenvalue weighted by atomic mass is 16.2. The van der Waals surface area contributed by atoms with Gasteiger partial charge in [-0.1, -0.05) is 20.8 Å². The number of fused-ring (bicyclic) bond motifs is 2. The molecule has 4 nitrogen and oxygen atoms in total. The molecule has 3 fully saturated rings. The zero-order valence-corrected chi connectivity index (χ0v) is 12.9. The second-order valence-corrected chi connectivity index (χ2v) is 7.22. The lowest BCUT2D eigenvalue weighted by atomic mass is 9.68. The monoisotopic (exact) mass is 278 g/mol. The minimum Gasteiger partial charge on any atom is -0.339 e. The van der Waals surface area contributed by atoms with Crippen LogP contribution in [0.5, 0.6) is 0 Å². The fourth-order valence-electron chi connectivity index (χ4n) is 4.72. The molecule has 0 spiro atoms. The van der Waals surface area contributed by atoms with Crippen molar-refractivity contribution in [1.82, 2.24) is 9.80 Å². The molecular formula is C16H26N2O2. The van der Waals surface area contributed by atoms with Crippen molar-refractivity contribution in [3.05, 3.63) is 0 Å². The molecule has 1 saturated heterocycles. The summed E-state index contributed by atoms with van der Waals surface area (Å²) < 4.78 is 0. The van der Waals surface area contributed by atoms with Crippen molar-refractivity contribution in [3.8, 4) is 0 Å². The van der Waals surface area contributed by atoms with Gasteiger partial charge in [0, 0.05) is 32.6 Å². The summed E-state index contributed by atoms with van der Waals surface area (Å²) >= 11 is 0. The Kier molecular flexibility index (Phi) is 3.20. The highest BCUT2D eigenvalue weighted by molar-refractivity contribution is 6.09. The van der Waals surface area contributed by atoms with E-state index in [1.807, 2.05) is 4.90 Å². The first kappa shape index (κ1) is 14.1. The van der Waals surface area contributed by atoms with Gasteiger partial charge in [0.2, 0.25) is 5.91 Å². The predicted octanol–water partition coefficient (Wildman–Crippen LogP) is 1.55. The molecule has 0 radical (unpaired) electrons. The molecule has 3 aliphatic rings. The van der Waals surface area contributed by atoms with E-state index in [9.17, 15) is 9.59 Å². The SMILES string of the molecule is CCN1CCN(C(=O)C23CCC(CC2=O)C3(C)C)CC1. The van der Waals surface area contributed by atoms with Crippen molar-refractivity contribution >= 4 is 11.7 Å². The van der Waals surface area contributed by atoms with E-state index in [2.05, 4.69) is 25.7 Å². The third-order valence-corrected chi connectivity index (χ3v) is 6.37. The van der Waals surface area contributed by atoms with Gasteiger partial charge in [-0.15, -0.1) is 0 Å². The Morgan fingerprint density at radius 1 is 1.25 bits per heavy atom. The topological polar surface area (TPSA) is 40.6 Å². The molecule has 2 saturated carbocycles. The van der Waals surface area contributed by atoms with E-state index >= 15 is 0 Å². The summed E-state index contributed by atoms with van der Waals surface area (Å²) in [4.78, 5) is 29.9. The first-order valence-electron chi connectivity index (χ1n) is 7.98. The average Bonchev–Trinajstić information content (AvgIpc) is 2.81. The van der Waals surface area contributed by atoms with Gasteiger partial charge in [-0.2, -0.15) is 0 Å². The molecule has 2 unspecified atom stereocenters. The van der Waals surface area contributed by atoms with Crippen LogP contribution in [-0.4, -0.2) is 54.2 Å². The lowest BCUT2D eigenvalue weighted by Gasteiger charge is -2.42. The van der Waals surface area contributed by atoms with Gasteiger partial charge in [0.05, 0.1) is 0 Å². The summed E-state index contributed by atoms with van der Waals surface area (Å²) in [6.07, 6.45) is 2.43. The molecule has 3 rings (SSSR count). The van der Waals surface area contributed by atoms with Crippen LogP contribution >= 0.6 is 0 Å². The third-order valence-electron chi connectivity index (χ3n) is 6.37. The average molecular weight is 278 g/mol. The molecule has 112 valence electrons. The van der Waals surface area contributed by atoms with Crippen molar-refractivity contribution in [2.45, 2.75) is 40.0 Å². The Hall–Kier alpha value is -0.900. The molecule has 2 atom stereocenters. The summed E-state index contributed by atoms with van der Waals surface area (Å²) in [5.74, 6) is 0.751. The van der Waals surface area contributed by atoms with Crippen LogP contribution in [0.4, 0.5) is 0 Å². The van der Waals surface area contributed by atoms with Crippen LogP contribution in [0.25, 0.3) is 0 Å². The van der Waals surface area contributed by atoms with E-state index in [-0.39, 0.29) is 17.1 Å². The van der Waals surface area contributed by atoms with Crippen LogP contribution in [0.2, 0.25) is 0 Å². The highest BCUT2D eigenvalue weighted by Crippen LogP contribution is 2.64. The van der Waals surface area contributed by atoms with E-state index in [4.69, 9.17) is 0 Å². The maximum atomic E-state index is 13.1. The van der Waals surface area contributed by atoms with E-state index in [1.54, 1.807) is 0 Å². The Balaban J connectivity index is 1.82. The van der Waals surface area contributed by atoms with Gasteiger partial charge in [0.25, 0.3) is 0 Å². The molecule has 0 aromatic heterocycles. The first-order chi connectivity index (χ1) is 9.43. The second-order valence-electron chi connectivity index (χ2n) is 7.22. The summed E-state index contributed by atoms with van der Waals surface area (Å²) in [6.45, 7) is 10.9. The molecule has 1 heterocycles. The molecular weight excluding hydrogens is 252 g/mol. The van der Waals surface area contributed by atoms with Gasteiger partial charge in [-0.05, 0) is 30.7 Å². The second kappa shape index (κ2) is 4.55. The number of nitrogens with zero attached hydrogens (tertiary/aromatic N) is 2. The molecule has 2 bridgehead atoms. The number of carbonyl (C=O) groups excluding carboxylic acids is 2. The van der Waals surface area contributed by atoms with E-state index in [1.165, 1.54) is 0 Å². The molecule has 1 amide bonds. The minimum absolute atomic E-state index is 0.128. The van der Waals surface area contributed by atoms with Crippen LogP contribution in [0.3, 0.4) is 0 Å². The molecule has 2 aliphatic carbocycles. The van der Waals surface area contributed by atoms with Crippen LogP contribution in [0.1, 0.15) is 40.0 Å². The molecule has 20 heavy (non-hydrogen) atoms. The maximum absolute atomic E-state index is 13.1. The van der Waals surface area contributed by atoms with Gasteiger partial charge in [-0.3, -0.25) is 9.59 Å². The van der Waals surface area contributed by atoms with E-state index in [0.29, 0.717) is 12.3 Å². The zero-order valence-electron chi connectivity index (χ0n) is 12.9. The van der Waals surface area contributed by atoms with Crippen LogP contribution in [0.15, 0.2) is 0 Å². The molecule has 1 aliphatic heterocycles. The van der Waals surface area contributed by atoms with Gasteiger partial charge in [0.1, 0.15) is 11.2 Å². The normalized spacial score (nSPS) is 36.6. The standard InChI is InChI=1S/C16H26N2O2/c1-4-17-7-9-18(10-8-17)14(20)16-6-5-12(11-13(16)19)15(16,2)3/h12H,4-11H2,1-3H3. The zero-order chi connectivity index (χ0) is 14.5. The van der Waals surface area contributed by atoms with Crippen molar-refractivity contribution in [2.24, 2.45) is 16.7 Å². The number of piperazine rings is 1. The van der Waals surface area contributed by atoms with Crippen molar-refractivity contribution in [2.75, 3.05) is 32.7 Å². The Labute approximate surface area is 121 Å². The first-order valence-corrected chi connectivity index (χ1v) is 7.98. The van der Waals surface area contributed by atoms with Gasteiger partial charge in [-0.25, -0.2) is 0 Å². The number of likely N-dealkylation sites (N-methyl/N-ethyl adjacent to an activating group) is 1. The number of rotatable bonds is 2. The maximum Gasteiger partial charge on any atom is 0.236 e. The summed E-state index contributed by atoms with van der Waals surface area (Å²) in [5, 5.41) is 0. The highest BCUT2D eigenvalue weighted by Gasteiger charge is 2.68. The third kappa shape index (κ3) is 1.63. The van der Waals surface area contributed by atoms with Crippen LogP contribution in [0, 0.1) is 16.7 Å². The fraction of sp³-hybridized carbons (Fsp3) is 0.875. The number of carbonyl (C=O) groups is 2. The van der Waals surface area contributed by atoms with E-state index < -0.39 is 5.41 Å². The minimum atomic E-state index is -0.702. The predicted molar refractivity (Wildman–Crippen MR) is 77.3 cm³/mol. The molecule has 0 aromatic rings. The Morgan fingerprint density at radius 3 is 2.35 bits per heavy atom. The lowest BCUT2D eigenvalue weighted by Crippen LogP contribution is -2.56. The quantitative estimate of drug-likeness (QED) is 0.720. The van der Waals surface area contributed by atoms with Gasteiger partial charge < -0.3 is 9.80 Å². The summed E-state index contributed by atoms with van der Waals surface area (Å²) in [6, 6.07) is 0. The largest absolute Gasteiger partial charge is 0.339 e. The summed E-state index contributed by atoms with van der Waals surface area (Å²) in [5.41, 5.74) is -0.852. The van der Waals surface area contributed by atoms with Crippen LogP contribution in [-0.2, 0) is 9.59 Å². The molecule has 0 aromatic carbocycles. The van der Waals surface area contributed by atoms with Gasteiger partial charge in [0.15, 0.2) is 0 Å². The number of ketones is 1. The fourth-order valence-corrected chi connectivity index (χ4v) is 4.72.